The van der Waals surface area contributed by atoms with Crippen LogP contribution in [0.15, 0.2) is 66.4 Å². The second kappa shape index (κ2) is 10.6. The third-order valence-corrected chi connectivity index (χ3v) is 5.41. The first-order chi connectivity index (χ1) is 16.2. The molecule has 0 aromatic heterocycles. The molecule has 8 nitrogen and oxygen atoms in total. The van der Waals surface area contributed by atoms with E-state index in [-0.39, 0.29) is 22.0 Å². The lowest BCUT2D eigenvalue weighted by molar-refractivity contribution is -0.384. The van der Waals surface area contributed by atoms with Crippen molar-refractivity contribution in [3.8, 4) is 5.75 Å². The first-order valence-corrected chi connectivity index (χ1v) is 10.6. The summed E-state index contributed by atoms with van der Waals surface area (Å²) in [6.07, 6.45) is 1.43. The molecule has 0 atom stereocenters. The number of nitro groups is 1. The Hall–Kier alpha value is -4.17. The van der Waals surface area contributed by atoms with E-state index in [1.54, 1.807) is 12.1 Å². The second-order valence-electron chi connectivity index (χ2n) is 7.46. The molecule has 2 N–H and O–H groups in total. The average molecular weight is 480 g/mol. The number of carbonyl (C=O) groups excluding carboxylic acids is 2. The van der Waals surface area contributed by atoms with Crippen LogP contribution in [-0.2, 0) is 4.79 Å². The van der Waals surface area contributed by atoms with E-state index < -0.39 is 16.7 Å². The summed E-state index contributed by atoms with van der Waals surface area (Å²) < 4.78 is 5.10. The van der Waals surface area contributed by atoms with E-state index in [4.69, 9.17) is 16.3 Å². The number of nitrogens with one attached hydrogen (secondary N) is 2. The Kier molecular flexibility index (Phi) is 7.65. The van der Waals surface area contributed by atoms with E-state index in [9.17, 15) is 19.7 Å². The lowest BCUT2D eigenvalue weighted by Gasteiger charge is -2.13. The fourth-order valence-corrected chi connectivity index (χ4v) is 3.29. The molecule has 34 heavy (non-hydrogen) atoms. The lowest BCUT2D eigenvalue weighted by Crippen LogP contribution is -2.31. The predicted octanol–water partition coefficient (Wildman–Crippen LogP) is 5.28. The molecule has 0 radical (unpaired) electrons. The Morgan fingerprint density at radius 1 is 1.00 bits per heavy atom. The molecule has 0 saturated heterocycles. The van der Waals surface area contributed by atoms with Crippen LogP contribution in [0.3, 0.4) is 0 Å². The highest BCUT2D eigenvalue weighted by Crippen LogP contribution is 2.23. The highest BCUT2D eigenvalue weighted by Gasteiger charge is 2.18. The summed E-state index contributed by atoms with van der Waals surface area (Å²) in [4.78, 5) is 36.4. The van der Waals surface area contributed by atoms with E-state index in [0.29, 0.717) is 17.0 Å². The van der Waals surface area contributed by atoms with E-state index in [1.165, 1.54) is 49.6 Å². The quantitative estimate of drug-likeness (QED) is 0.272. The molecule has 3 rings (SSSR count). The minimum atomic E-state index is -0.601. The second-order valence-corrected chi connectivity index (χ2v) is 7.87. The van der Waals surface area contributed by atoms with Gasteiger partial charge in [0.15, 0.2) is 0 Å². The maximum absolute atomic E-state index is 13.1. The first kappa shape index (κ1) is 24.5. The maximum Gasteiger partial charge on any atom is 0.272 e. The summed E-state index contributed by atoms with van der Waals surface area (Å²) >= 11 is 6.21. The van der Waals surface area contributed by atoms with E-state index in [0.717, 1.165) is 11.1 Å². The number of amides is 2. The summed E-state index contributed by atoms with van der Waals surface area (Å²) in [6.45, 7) is 3.88. The Labute approximate surface area is 201 Å². The zero-order chi connectivity index (χ0) is 24.8. The fraction of sp³-hybridized carbons (Fsp3) is 0.120. The molecule has 0 fully saturated rings. The van der Waals surface area contributed by atoms with Crippen molar-refractivity contribution in [3.63, 3.8) is 0 Å². The molecule has 0 unspecified atom stereocenters. The van der Waals surface area contributed by atoms with Crippen LogP contribution in [0, 0.1) is 24.0 Å². The van der Waals surface area contributed by atoms with E-state index >= 15 is 0 Å². The average Bonchev–Trinajstić information content (AvgIpc) is 2.81. The van der Waals surface area contributed by atoms with Gasteiger partial charge in [-0.1, -0.05) is 17.7 Å². The molecule has 0 aliphatic carbocycles. The summed E-state index contributed by atoms with van der Waals surface area (Å²) in [7, 11) is 1.48. The van der Waals surface area contributed by atoms with Gasteiger partial charge in [0.25, 0.3) is 17.5 Å². The Morgan fingerprint density at radius 3 is 2.29 bits per heavy atom. The Morgan fingerprint density at radius 2 is 1.71 bits per heavy atom. The predicted molar refractivity (Wildman–Crippen MR) is 131 cm³/mol. The van der Waals surface area contributed by atoms with Crippen LogP contribution in [0.25, 0.3) is 6.08 Å². The fourth-order valence-electron chi connectivity index (χ4n) is 3.03. The smallest absolute Gasteiger partial charge is 0.272 e. The number of ether oxygens (including phenoxy) is 1. The minimum absolute atomic E-state index is 0.0658. The number of nitrogens with zero attached hydrogens (tertiary/aromatic N) is 1. The van der Waals surface area contributed by atoms with Gasteiger partial charge in [-0.05, 0) is 79.1 Å². The Balaban J connectivity index is 1.93. The third kappa shape index (κ3) is 5.99. The van der Waals surface area contributed by atoms with Crippen molar-refractivity contribution in [2.75, 3.05) is 12.4 Å². The highest BCUT2D eigenvalue weighted by atomic mass is 35.5. The number of aryl methyl sites for hydroxylation is 2. The molecule has 0 aliphatic heterocycles. The molecule has 3 aromatic rings. The van der Waals surface area contributed by atoms with Gasteiger partial charge in [-0.25, -0.2) is 0 Å². The minimum Gasteiger partial charge on any atom is -0.497 e. The number of nitro benzene ring substituents is 1. The van der Waals surface area contributed by atoms with Crippen LogP contribution in [-0.4, -0.2) is 23.8 Å². The Bertz CT molecular complexity index is 1290. The number of hydrogen-bond donors (Lipinski definition) is 2. The molecule has 0 heterocycles. The van der Waals surface area contributed by atoms with Gasteiger partial charge >= 0.3 is 0 Å². The van der Waals surface area contributed by atoms with Gasteiger partial charge in [-0.3, -0.25) is 19.7 Å². The summed E-state index contributed by atoms with van der Waals surface area (Å²) in [6, 6.07) is 15.6. The maximum atomic E-state index is 13.1. The molecule has 2 amide bonds. The molecule has 3 aromatic carbocycles. The van der Waals surface area contributed by atoms with Crippen LogP contribution in [0.5, 0.6) is 5.75 Å². The van der Waals surface area contributed by atoms with Crippen molar-refractivity contribution in [1.29, 1.82) is 0 Å². The number of rotatable bonds is 7. The van der Waals surface area contributed by atoms with Gasteiger partial charge < -0.3 is 15.4 Å². The highest BCUT2D eigenvalue weighted by molar-refractivity contribution is 6.34. The molecule has 0 spiro atoms. The van der Waals surface area contributed by atoms with Crippen molar-refractivity contribution in [2.24, 2.45) is 0 Å². The number of halogens is 1. The first-order valence-electron chi connectivity index (χ1n) is 10.2. The summed E-state index contributed by atoms with van der Waals surface area (Å²) in [5.41, 5.74) is 3.10. The molecular weight excluding hydrogens is 458 g/mol. The topological polar surface area (TPSA) is 111 Å². The van der Waals surface area contributed by atoms with Crippen LogP contribution >= 0.6 is 11.6 Å². The van der Waals surface area contributed by atoms with Crippen LogP contribution < -0.4 is 15.4 Å². The number of benzene rings is 3. The van der Waals surface area contributed by atoms with Crippen LogP contribution in [0.1, 0.15) is 27.0 Å². The third-order valence-electron chi connectivity index (χ3n) is 5.09. The number of non-ortho nitro benzene ring substituents is 1. The largest absolute Gasteiger partial charge is 0.497 e. The van der Waals surface area contributed by atoms with Crippen molar-refractivity contribution >= 4 is 40.9 Å². The van der Waals surface area contributed by atoms with Gasteiger partial charge in [-0.15, -0.1) is 0 Å². The lowest BCUT2D eigenvalue weighted by atomic mass is 10.1. The monoisotopic (exact) mass is 479 g/mol. The van der Waals surface area contributed by atoms with E-state index in [1.807, 2.05) is 26.0 Å². The van der Waals surface area contributed by atoms with Gasteiger partial charge in [0.1, 0.15) is 11.4 Å². The van der Waals surface area contributed by atoms with Crippen LogP contribution in [0.4, 0.5) is 11.4 Å². The number of methoxy groups -OCH3 is 1. The molecule has 0 bridgehead atoms. The van der Waals surface area contributed by atoms with Crippen molar-refractivity contribution in [2.45, 2.75) is 13.8 Å². The van der Waals surface area contributed by atoms with Crippen LogP contribution in [0.2, 0.25) is 5.02 Å². The molecule has 0 saturated carbocycles. The zero-order valence-corrected chi connectivity index (χ0v) is 19.5. The number of carbonyl (C=O) groups is 2. The molecule has 0 aliphatic rings. The number of anilines is 1. The molecule has 9 heteroatoms. The number of hydrogen-bond acceptors (Lipinski definition) is 5. The standard InChI is InChI=1S/C25H22ClN3O5/c1-15-4-7-18(12-16(15)2)27-25(31)23(13-17-5-8-19(9-6-17)29(32)33)28-24(30)21-11-10-20(34-3)14-22(21)26/h4-14H,1-3H3,(H,27,31)(H,28,30)/b23-13-. The van der Waals surface area contributed by atoms with E-state index in [2.05, 4.69) is 10.6 Å². The van der Waals surface area contributed by atoms with Gasteiger partial charge in [0.05, 0.1) is 22.6 Å². The van der Waals surface area contributed by atoms with Gasteiger partial charge in [-0.2, -0.15) is 0 Å². The van der Waals surface area contributed by atoms with Gasteiger partial charge in [0.2, 0.25) is 0 Å². The van der Waals surface area contributed by atoms with Crippen molar-refractivity contribution in [1.82, 2.24) is 5.32 Å². The zero-order valence-electron chi connectivity index (χ0n) is 18.7. The van der Waals surface area contributed by atoms with Crippen molar-refractivity contribution in [3.05, 3.63) is 104 Å². The molecular formula is C25H22ClN3O5. The molecule has 174 valence electrons. The van der Waals surface area contributed by atoms with Crippen molar-refractivity contribution < 1.29 is 19.2 Å². The van der Waals surface area contributed by atoms with Gasteiger partial charge in [0, 0.05) is 17.8 Å². The summed E-state index contributed by atoms with van der Waals surface area (Å²) in [5, 5.41) is 16.4. The summed E-state index contributed by atoms with van der Waals surface area (Å²) in [5.74, 6) is -0.689. The normalized spacial score (nSPS) is 11.0. The SMILES string of the molecule is COc1ccc(C(=O)N/C(=C\c2ccc([N+](=O)[O-])cc2)C(=O)Nc2ccc(C)c(C)c2)c(Cl)c1.